The summed E-state index contributed by atoms with van der Waals surface area (Å²) < 4.78 is 45.9. The number of hydrogen-bond acceptors (Lipinski definition) is 11. The zero-order valence-corrected chi connectivity index (χ0v) is 36.7. The molecule has 1 aromatic heterocycles. The van der Waals surface area contributed by atoms with Crippen molar-refractivity contribution in [3.63, 3.8) is 0 Å². The minimum absolute atomic E-state index is 0.0110. The molecule has 0 aliphatic carbocycles. The smallest absolute Gasteiger partial charge is 0.410 e. The van der Waals surface area contributed by atoms with Crippen LogP contribution in [-0.4, -0.2) is 111 Å². The lowest BCUT2D eigenvalue weighted by molar-refractivity contribution is -0.145. The third-order valence-corrected chi connectivity index (χ3v) is 13.3. The topological polar surface area (TPSA) is 190 Å². The van der Waals surface area contributed by atoms with E-state index in [1.165, 1.54) is 6.07 Å². The largest absolute Gasteiger partial charge is 0.465 e. The molecule has 4 amide bonds. The van der Waals surface area contributed by atoms with Crippen molar-refractivity contribution in [3.05, 3.63) is 30.3 Å². The second-order valence-electron chi connectivity index (χ2n) is 17.2. The molecule has 58 heavy (non-hydrogen) atoms. The average Bonchev–Trinajstić information content (AvgIpc) is 3.60. The van der Waals surface area contributed by atoms with Crippen LogP contribution in [0.1, 0.15) is 99.8 Å². The molecule has 0 spiro atoms. The van der Waals surface area contributed by atoms with Crippen LogP contribution in [0.5, 0.6) is 0 Å². The molecule has 4 rings (SSSR count). The van der Waals surface area contributed by atoms with Gasteiger partial charge in [0.2, 0.25) is 11.8 Å². The number of hydrogen-bond donors (Lipinski definition) is 3. The van der Waals surface area contributed by atoms with E-state index in [0.29, 0.717) is 50.9 Å². The number of likely N-dealkylation sites (tertiary alicyclic amines) is 2. The first-order chi connectivity index (χ1) is 27.2. The van der Waals surface area contributed by atoms with E-state index in [1.54, 1.807) is 41.0 Å². The summed E-state index contributed by atoms with van der Waals surface area (Å²) in [6, 6.07) is 7.33. The SMILES string of the molecule is CCOC(=O)[C@H](CNC(=O)CNC(=O)C(CCC1CCN(C(=O)OC(C)(C)C)CC1)CCC1CCN(C(=O)OC(C)(C)C)CC1)NS(=O)(=O)c1cc2ccccc2s1. The summed E-state index contributed by atoms with van der Waals surface area (Å²) in [6.07, 6.45) is 5.33. The number of fused-ring (bicyclic) bond motifs is 1. The van der Waals surface area contributed by atoms with E-state index >= 15 is 0 Å². The fourth-order valence-electron chi connectivity index (χ4n) is 7.08. The van der Waals surface area contributed by atoms with Crippen molar-refractivity contribution in [2.45, 2.75) is 121 Å². The number of nitrogens with one attached hydrogen (secondary N) is 3. The zero-order valence-electron chi connectivity index (χ0n) is 35.1. The van der Waals surface area contributed by atoms with E-state index in [-0.39, 0.29) is 47.9 Å². The number of ether oxygens (including phenoxy) is 3. The number of nitrogens with zero attached hydrogens (tertiary/aromatic N) is 2. The van der Waals surface area contributed by atoms with Crippen LogP contribution < -0.4 is 15.4 Å². The third-order valence-electron chi connectivity index (χ3n) is 10.2. The lowest BCUT2D eigenvalue weighted by Crippen LogP contribution is -2.50. The number of esters is 1. The van der Waals surface area contributed by atoms with Crippen LogP contribution in [0.2, 0.25) is 0 Å². The monoisotopic (exact) mass is 849 g/mol. The Balaban J connectivity index is 1.32. The molecule has 2 aliphatic heterocycles. The third kappa shape index (κ3) is 15.0. The summed E-state index contributed by atoms with van der Waals surface area (Å²) in [5.74, 6) is -1.42. The first-order valence-electron chi connectivity index (χ1n) is 20.4. The first kappa shape index (κ1) is 46.7. The van der Waals surface area contributed by atoms with Gasteiger partial charge in [0, 0.05) is 43.3 Å². The number of sulfonamides is 1. The second-order valence-corrected chi connectivity index (χ2v) is 20.2. The van der Waals surface area contributed by atoms with Crippen molar-refractivity contribution in [1.29, 1.82) is 0 Å². The minimum Gasteiger partial charge on any atom is -0.465 e. The number of amides is 4. The molecular formula is C41H63N5O10S2. The Morgan fingerprint density at radius 2 is 1.33 bits per heavy atom. The second kappa shape index (κ2) is 20.8. The number of thiophene rings is 1. The molecule has 0 unspecified atom stereocenters. The Hall–Kier alpha value is -3.96. The van der Waals surface area contributed by atoms with Gasteiger partial charge in [-0.05, 0) is 129 Å². The minimum atomic E-state index is -4.14. The summed E-state index contributed by atoms with van der Waals surface area (Å²) in [7, 11) is -4.14. The molecule has 2 aliphatic rings. The van der Waals surface area contributed by atoms with Gasteiger partial charge in [0.05, 0.1) is 13.2 Å². The van der Waals surface area contributed by atoms with Gasteiger partial charge in [-0.15, -0.1) is 11.3 Å². The Labute approximate surface area is 347 Å². The van der Waals surface area contributed by atoms with E-state index in [2.05, 4.69) is 15.4 Å². The van der Waals surface area contributed by atoms with Gasteiger partial charge in [-0.3, -0.25) is 14.4 Å². The van der Waals surface area contributed by atoms with Gasteiger partial charge in [0.15, 0.2) is 0 Å². The molecular weight excluding hydrogens is 787 g/mol. The van der Waals surface area contributed by atoms with Crippen molar-refractivity contribution in [2.75, 3.05) is 45.9 Å². The summed E-state index contributed by atoms with van der Waals surface area (Å²) in [5.41, 5.74) is -1.14. The molecule has 3 heterocycles. The highest BCUT2D eigenvalue weighted by Gasteiger charge is 2.32. The number of rotatable bonds is 16. The maximum atomic E-state index is 13.7. The molecule has 17 heteroatoms. The number of benzene rings is 1. The van der Waals surface area contributed by atoms with E-state index in [9.17, 15) is 32.4 Å². The maximum absolute atomic E-state index is 13.7. The normalized spacial score (nSPS) is 16.6. The van der Waals surface area contributed by atoms with Crippen LogP contribution in [-0.2, 0) is 38.6 Å². The van der Waals surface area contributed by atoms with Crippen LogP contribution in [0.4, 0.5) is 9.59 Å². The van der Waals surface area contributed by atoms with E-state index in [4.69, 9.17) is 14.2 Å². The molecule has 2 aromatic rings. The van der Waals surface area contributed by atoms with Crippen molar-refractivity contribution >= 4 is 61.4 Å². The zero-order chi connectivity index (χ0) is 42.7. The molecule has 2 saturated heterocycles. The van der Waals surface area contributed by atoms with Crippen LogP contribution in [0, 0.1) is 17.8 Å². The van der Waals surface area contributed by atoms with Crippen molar-refractivity contribution in [1.82, 2.24) is 25.2 Å². The van der Waals surface area contributed by atoms with E-state index < -0.39 is 39.1 Å². The average molecular weight is 850 g/mol. The molecule has 1 atom stereocenters. The Kier molecular flexibility index (Phi) is 16.8. The molecule has 0 bridgehead atoms. The Bertz CT molecular complexity index is 1740. The predicted molar refractivity (Wildman–Crippen MR) is 222 cm³/mol. The van der Waals surface area contributed by atoms with Crippen molar-refractivity contribution < 1.29 is 46.6 Å². The maximum Gasteiger partial charge on any atom is 0.410 e. The highest BCUT2D eigenvalue weighted by molar-refractivity contribution is 7.91. The molecule has 15 nitrogen and oxygen atoms in total. The first-order valence-corrected chi connectivity index (χ1v) is 22.7. The van der Waals surface area contributed by atoms with Crippen LogP contribution in [0.15, 0.2) is 34.5 Å². The molecule has 324 valence electrons. The van der Waals surface area contributed by atoms with Gasteiger partial charge in [0.25, 0.3) is 10.0 Å². The highest BCUT2D eigenvalue weighted by Crippen LogP contribution is 2.31. The van der Waals surface area contributed by atoms with Crippen LogP contribution >= 0.6 is 11.3 Å². The summed E-state index contributed by atoms with van der Waals surface area (Å²) >= 11 is 1.06. The fourth-order valence-corrected chi connectivity index (χ4v) is 9.68. The molecule has 0 radical (unpaired) electrons. The summed E-state index contributed by atoms with van der Waals surface area (Å²) in [5, 5.41) is 6.09. The van der Waals surface area contributed by atoms with Crippen LogP contribution in [0.25, 0.3) is 10.1 Å². The lowest BCUT2D eigenvalue weighted by Gasteiger charge is -2.34. The van der Waals surface area contributed by atoms with Gasteiger partial charge >= 0.3 is 18.2 Å². The van der Waals surface area contributed by atoms with Gasteiger partial charge in [-0.2, -0.15) is 4.72 Å². The highest BCUT2D eigenvalue weighted by atomic mass is 32.2. The Morgan fingerprint density at radius 1 is 0.810 bits per heavy atom. The van der Waals surface area contributed by atoms with Gasteiger partial charge < -0.3 is 34.6 Å². The van der Waals surface area contributed by atoms with Crippen molar-refractivity contribution in [2.24, 2.45) is 17.8 Å². The van der Waals surface area contributed by atoms with E-state index in [0.717, 1.165) is 59.9 Å². The number of piperidine rings is 2. The van der Waals surface area contributed by atoms with Gasteiger partial charge in [-0.1, -0.05) is 18.2 Å². The number of carbonyl (C=O) groups is 5. The van der Waals surface area contributed by atoms with Gasteiger partial charge in [-0.25, -0.2) is 18.0 Å². The fraction of sp³-hybridized carbons (Fsp3) is 0.683. The summed E-state index contributed by atoms with van der Waals surface area (Å²) in [6.45, 7) is 14.3. The van der Waals surface area contributed by atoms with Gasteiger partial charge in [0.1, 0.15) is 21.5 Å². The quantitative estimate of drug-likeness (QED) is 0.137. The van der Waals surface area contributed by atoms with Crippen LogP contribution in [0.3, 0.4) is 0 Å². The Morgan fingerprint density at radius 3 is 1.81 bits per heavy atom. The van der Waals surface area contributed by atoms with Crippen molar-refractivity contribution in [3.8, 4) is 0 Å². The molecule has 3 N–H and O–H groups in total. The number of carbonyl (C=O) groups excluding carboxylic acids is 5. The standard InChI is InChI=1S/C41H63N5O10S2/c1-8-54-37(49)32(44-58(52,53)35-25-31-11-9-10-12-33(31)57-35)26-42-34(47)27-43-36(48)30(15-13-28-17-21-45(22-18-28)38(50)55-40(2,3)4)16-14-29-19-23-46(24-20-29)39(51)56-41(5,6)7/h9-12,25,28-30,32,44H,8,13-24,26-27H2,1-7H3,(H,42,47)(H,43,48)/t32-/m0/s1. The molecule has 1 aromatic carbocycles. The lowest BCUT2D eigenvalue weighted by atomic mass is 9.84. The summed E-state index contributed by atoms with van der Waals surface area (Å²) in [4.78, 5) is 68.2. The molecule has 2 fully saturated rings. The van der Waals surface area contributed by atoms with E-state index in [1.807, 2.05) is 41.5 Å². The molecule has 0 saturated carbocycles. The predicted octanol–water partition coefficient (Wildman–Crippen LogP) is 5.81.